The van der Waals surface area contributed by atoms with Crippen LogP contribution in [0.2, 0.25) is 0 Å². The second-order valence-corrected chi connectivity index (χ2v) is 3.56. The summed E-state index contributed by atoms with van der Waals surface area (Å²) in [5, 5.41) is 12.2. The molecule has 0 aliphatic carbocycles. The molecule has 0 aliphatic rings. The summed E-state index contributed by atoms with van der Waals surface area (Å²) in [6.45, 7) is -0.697. The zero-order valence-electron chi connectivity index (χ0n) is 9.87. The van der Waals surface area contributed by atoms with Crippen molar-refractivity contribution in [3.63, 3.8) is 0 Å². The van der Waals surface area contributed by atoms with Gasteiger partial charge < -0.3 is 10.6 Å². The average Bonchev–Trinajstić information content (AvgIpc) is 2.43. The Bertz CT molecular complexity index is 541. The van der Waals surface area contributed by atoms with E-state index in [-0.39, 0.29) is 13.0 Å². The van der Waals surface area contributed by atoms with E-state index in [0.717, 1.165) is 0 Å². The Labute approximate surface area is 110 Å². The van der Waals surface area contributed by atoms with Crippen molar-refractivity contribution in [2.45, 2.75) is 6.42 Å². The molecule has 0 fully saturated rings. The van der Waals surface area contributed by atoms with Crippen LogP contribution in [0.5, 0.6) is 0 Å². The summed E-state index contributed by atoms with van der Waals surface area (Å²) in [4.78, 5) is 11.2. The molecule has 0 atom stereocenters. The number of benzene rings is 1. The quantitative estimate of drug-likeness (QED) is 0.377. The average molecular weight is 293 g/mol. The smallest absolute Gasteiger partial charge is 0.239 e. The van der Waals surface area contributed by atoms with Crippen LogP contribution < -0.4 is 10.6 Å². The number of amides is 1. The second kappa shape index (κ2) is 6.70. The minimum atomic E-state index is -2.27. The first-order chi connectivity index (χ1) is 9.40. The van der Waals surface area contributed by atoms with Crippen molar-refractivity contribution in [1.82, 2.24) is 5.32 Å². The Hall–Kier alpha value is -2.37. The van der Waals surface area contributed by atoms with E-state index < -0.39 is 47.2 Å². The highest BCUT2D eigenvalue weighted by Gasteiger charge is 2.25. The third-order valence-electron chi connectivity index (χ3n) is 2.19. The van der Waals surface area contributed by atoms with Gasteiger partial charge in [-0.1, -0.05) is 0 Å². The molecule has 2 N–H and O–H groups in total. The molecular weight excluding hydrogens is 285 g/mol. The van der Waals surface area contributed by atoms with E-state index in [1.54, 1.807) is 6.07 Å². The first-order valence-corrected chi connectivity index (χ1v) is 5.29. The number of nitriles is 1. The zero-order valence-corrected chi connectivity index (χ0v) is 9.87. The van der Waals surface area contributed by atoms with Gasteiger partial charge in [-0.2, -0.15) is 5.26 Å². The van der Waals surface area contributed by atoms with Crippen LogP contribution in [-0.4, -0.2) is 19.0 Å². The van der Waals surface area contributed by atoms with E-state index in [0.29, 0.717) is 0 Å². The van der Waals surface area contributed by atoms with E-state index in [9.17, 15) is 26.7 Å². The van der Waals surface area contributed by atoms with Gasteiger partial charge in [-0.15, -0.1) is 0 Å². The van der Waals surface area contributed by atoms with Crippen LogP contribution >= 0.6 is 0 Å². The summed E-state index contributed by atoms with van der Waals surface area (Å²) in [7, 11) is 0. The van der Waals surface area contributed by atoms with Crippen molar-refractivity contribution >= 4 is 11.6 Å². The van der Waals surface area contributed by atoms with Gasteiger partial charge in [-0.25, -0.2) is 22.0 Å². The van der Waals surface area contributed by atoms with Gasteiger partial charge in [-0.3, -0.25) is 4.79 Å². The summed E-state index contributed by atoms with van der Waals surface area (Å²) in [6.07, 6.45) is 0.0221. The van der Waals surface area contributed by atoms with E-state index in [1.807, 2.05) is 5.32 Å². The van der Waals surface area contributed by atoms with Gasteiger partial charge in [0, 0.05) is 6.54 Å². The minimum absolute atomic E-state index is 0.00805. The van der Waals surface area contributed by atoms with Crippen LogP contribution in [0.3, 0.4) is 0 Å². The monoisotopic (exact) mass is 293 g/mol. The normalized spacial score (nSPS) is 10.0. The summed E-state index contributed by atoms with van der Waals surface area (Å²) in [5.41, 5.74) is -1.28. The van der Waals surface area contributed by atoms with Crippen molar-refractivity contribution in [1.29, 1.82) is 5.26 Å². The number of rotatable bonds is 5. The van der Waals surface area contributed by atoms with Crippen LogP contribution in [0.1, 0.15) is 6.42 Å². The van der Waals surface area contributed by atoms with Gasteiger partial charge in [0.1, 0.15) is 5.69 Å². The fourth-order valence-electron chi connectivity index (χ4n) is 1.25. The molecule has 20 heavy (non-hydrogen) atoms. The highest BCUT2D eigenvalue weighted by Crippen LogP contribution is 2.26. The Balaban J connectivity index is 2.79. The fourth-order valence-corrected chi connectivity index (χ4v) is 1.25. The molecule has 0 radical (unpaired) electrons. The van der Waals surface area contributed by atoms with Gasteiger partial charge in [-0.05, 0) is 0 Å². The van der Waals surface area contributed by atoms with E-state index in [2.05, 4.69) is 5.32 Å². The first-order valence-electron chi connectivity index (χ1n) is 5.29. The molecule has 1 rings (SSSR count). The topological polar surface area (TPSA) is 64.9 Å². The minimum Gasteiger partial charge on any atom is -0.371 e. The number of carbonyl (C=O) groups is 1. The van der Waals surface area contributed by atoms with Crippen LogP contribution in [0.25, 0.3) is 0 Å². The molecule has 1 amide bonds. The van der Waals surface area contributed by atoms with E-state index in [1.165, 1.54) is 0 Å². The number of carbonyl (C=O) groups excluding carboxylic acids is 1. The molecule has 0 bridgehead atoms. The van der Waals surface area contributed by atoms with Crippen molar-refractivity contribution in [3.05, 3.63) is 29.1 Å². The third kappa shape index (κ3) is 3.34. The van der Waals surface area contributed by atoms with Crippen molar-refractivity contribution < 1.29 is 26.7 Å². The number of hydrogen-bond donors (Lipinski definition) is 2. The predicted molar refractivity (Wildman–Crippen MR) is 58.0 cm³/mol. The van der Waals surface area contributed by atoms with Gasteiger partial charge in [0.25, 0.3) is 0 Å². The first kappa shape index (κ1) is 15.7. The highest BCUT2D eigenvalue weighted by atomic mass is 19.2. The molecule has 0 saturated carbocycles. The van der Waals surface area contributed by atoms with Crippen LogP contribution in [0.4, 0.5) is 27.6 Å². The Morgan fingerprint density at radius 2 is 1.50 bits per heavy atom. The third-order valence-corrected chi connectivity index (χ3v) is 2.19. The summed E-state index contributed by atoms with van der Waals surface area (Å²) < 4.78 is 64.8. The Kier molecular flexibility index (Phi) is 5.25. The lowest BCUT2D eigenvalue weighted by atomic mass is 10.2. The highest BCUT2D eigenvalue weighted by molar-refractivity contribution is 5.80. The van der Waals surface area contributed by atoms with Gasteiger partial charge >= 0.3 is 0 Å². The van der Waals surface area contributed by atoms with Gasteiger partial charge in [0.05, 0.1) is 19.0 Å². The number of nitrogens with zero attached hydrogens (tertiary/aromatic N) is 1. The van der Waals surface area contributed by atoms with E-state index >= 15 is 0 Å². The van der Waals surface area contributed by atoms with Crippen LogP contribution in [-0.2, 0) is 4.79 Å². The van der Waals surface area contributed by atoms with Gasteiger partial charge in [0.2, 0.25) is 11.7 Å². The fraction of sp³-hybridized carbons (Fsp3) is 0.273. The maximum absolute atomic E-state index is 13.2. The molecule has 1 aromatic rings. The molecule has 0 spiro atoms. The van der Waals surface area contributed by atoms with Crippen molar-refractivity contribution in [2.24, 2.45) is 0 Å². The number of hydrogen-bond acceptors (Lipinski definition) is 3. The van der Waals surface area contributed by atoms with Crippen molar-refractivity contribution in [3.8, 4) is 6.07 Å². The zero-order chi connectivity index (χ0) is 15.3. The standard InChI is InChI=1S/C11H8F5N3O/c12-6-7(13)9(15)11(10(16)8(6)14)19-4-5(20)18-3-1-2-17/h19H,1,3-4H2,(H,18,20). The maximum Gasteiger partial charge on any atom is 0.239 e. The molecule has 0 unspecified atom stereocenters. The molecule has 0 saturated heterocycles. The largest absolute Gasteiger partial charge is 0.371 e. The molecule has 0 heterocycles. The summed E-state index contributed by atoms with van der Waals surface area (Å²) >= 11 is 0. The number of nitrogens with one attached hydrogen (secondary N) is 2. The van der Waals surface area contributed by atoms with E-state index in [4.69, 9.17) is 5.26 Å². The predicted octanol–water partition coefficient (Wildman–Crippen LogP) is 1.82. The van der Waals surface area contributed by atoms with Crippen LogP contribution in [0.15, 0.2) is 0 Å². The maximum atomic E-state index is 13.2. The summed E-state index contributed by atoms with van der Waals surface area (Å²) in [5.74, 6) is -11.3. The summed E-state index contributed by atoms with van der Waals surface area (Å²) in [6, 6.07) is 1.74. The van der Waals surface area contributed by atoms with Gasteiger partial charge in [0.15, 0.2) is 23.3 Å². The number of halogens is 5. The molecular formula is C11H8F5N3O. The molecule has 9 heteroatoms. The lowest BCUT2D eigenvalue weighted by Gasteiger charge is -2.10. The number of anilines is 1. The molecule has 1 aromatic carbocycles. The molecule has 108 valence electrons. The van der Waals surface area contributed by atoms with Crippen molar-refractivity contribution in [2.75, 3.05) is 18.4 Å². The lowest BCUT2D eigenvalue weighted by Crippen LogP contribution is -2.31. The van der Waals surface area contributed by atoms with Crippen LogP contribution in [0, 0.1) is 40.4 Å². The second-order valence-electron chi connectivity index (χ2n) is 3.56. The lowest BCUT2D eigenvalue weighted by molar-refractivity contribution is -0.119. The molecule has 4 nitrogen and oxygen atoms in total. The Morgan fingerprint density at radius 3 is 2.00 bits per heavy atom. The molecule has 0 aromatic heterocycles. The Morgan fingerprint density at radius 1 is 1.00 bits per heavy atom. The SMILES string of the molecule is N#CCCNC(=O)CNc1c(F)c(F)c(F)c(F)c1F. The molecule has 0 aliphatic heterocycles.